The molecule has 0 aromatic carbocycles. The summed E-state index contributed by atoms with van der Waals surface area (Å²) in [6, 6.07) is -0.614. The van der Waals surface area contributed by atoms with Gasteiger partial charge in [0.2, 0.25) is 0 Å². The van der Waals surface area contributed by atoms with E-state index in [0.29, 0.717) is 19.3 Å². The highest BCUT2D eigenvalue weighted by Gasteiger charge is 2.31. The van der Waals surface area contributed by atoms with Crippen LogP contribution in [-0.4, -0.2) is 80.6 Å². The standard InChI is InChI=1S/C53H99NO7/c1-6-8-10-12-14-16-18-20-22-23-24-25-26-27-28-29-30-32-34-36-38-40-42-44-52(56)61-49(47-59-46-45-50(53(57)58)54(3,4)5)48-60-51(55)43-41-39-37-35-33-31-21-19-17-15-13-11-9-7-2/h19,21,23-24,49-50H,6-18,20,22,25-48H2,1-5H3/p+1/b21-19-,24-23-. The van der Waals surface area contributed by atoms with Gasteiger partial charge in [-0.2, -0.15) is 0 Å². The number of ether oxygens (including phenoxy) is 3. The van der Waals surface area contributed by atoms with Gasteiger partial charge in [0.25, 0.3) is 0 Å². The molecule has 0 aliphatic heterocycles. The molecule has 8 heteroatoms. The van der Waals surface area contributed by atoms with Crippen molar-refractivity contribution in [2.24, 2.45) is 0 Å². The van der Waals surface area contributed by atoms with Crippen LogP contribution in [0.3, 0.4) is 0 Å². The molecule has 0 aliphatic carbocycles. The highest BCUT2D eigenvalue weighted by molar-refractivity contribution is 5.72. The van der Waals surface area contributed by atoms with Gasteiger partial charge in [0, 0.05) is 19.3 Å². The Hall–Kier alpha value is -2.19. The van der Waals surface area contributed by atoms with E-state index in [-0.39, 0.29) is 36.2 Å². The molecule has 0 radical (unpaired) electrons. The van der Waals surface area contributed by atoms with Crippen molar-refractivity contribution in [3.63, 3.8) is 0 Å². The molecule has 8 nitrogen and oxygen atoms in total. The van der Waals surface area contributed by atoms with E-state index in [4.69, 9.17) is 14.2 Å². The summed E-state index contributed by atoms with van der Waals surface area (Å²) in [5.74, 6) is -1.46. The van der Waals surface area contributed by atoms with Crippen LogP contribution < -0.4 is 0 Å². The third kappa shape index (κ3) is 42.9. The quantitative estimate of drug-likeness (QED) is 0.0281. The molecule has 2 unspecified atom stereocenters. The van der Waals surface area contributed by atoms with Crippen molar-refractivity contribution in [1.29, 1.82) is 0 Å². The number of hydrogen-bond acceptors (Lipinski definition) is 6. The Balaban J connectivity index is 4.19. The highest BCUT2D eigenvalue weighted by Crippen LogP contribution is 2.16. The molecule has 1 N–H and O–H groups in total. The fraction of sp³-hybridized carbons (Fsp3) is 0.868. The first-order valence-corrected chi connectivity index (χ1v) is 25.9. The van der Waals surface area contributed by atoms with Crippen molar-refractivity contribution >= 4 is 17.9 Å². The Morgan fingerprint density at radius 3 is 1.18 bits per heavy atom. The summed E-state index contributed by atoms with van der Waals surface area (Å²) in [5, 5.41) is 9.65. The molecule has 0 amide bonds. The first kappa shape index (κ1) is 58.8. The molecule has 0 spiro atoms. The lowest BCUT2D eigenvalue weighted by atomic mass is 10.0. The summed E-state index contributed by atoms with van der Waals surface area (Å²) < 4.78 is 17.3. The molecule has 0 aromatic heterocycles. The molecule has 0 bridgehead atoms. The molecule has 61 heavy (non-hydrogen) atoms. The number of likely N-dealkylation sites (N-methyl/N-ethyl adjacent to an activating group) is 1. The SMILES string of the molecule is CCCCCCC/C=C\CCCCCCCC(=O)OCC(COCCC(C(=O)O)[N+](C)(C)C)OC(=O)CCCCCCCCCCCCC/C=C\CCCCCCCCCC. The number of carbonyl (C=O) groups excluding carboxylic acids is 2. The van der Waals surface area contributed by atoms with E-state index in [9.17, 15) is 19.5 Å². The number of allylic oxidation sites excluding steroid dienone is 4. The lowest BCUT2D eigenvalue weighted by Crippen LogP contribution is -2.50. The summed E-state index contributed by atoms with van der Waals surface area (Å²) in [6.45, 7) is 4.75. The Kier molecular flexibility index (Phi) is 42.8. The Morgan fingerprint density at radius 2 is 0.820 bits per heavy atom. The van der Waals surface area contributed by atoms with Gasteiger partial charge in [-0.15, -0.1) is 0 Å². The van der Waals surface area contributed by atoms with Crippen LogP contribution in [0.2, 0.25) is 0 Å². The van der Waals surface area contributed by atoms with E-state index in [1.807, 2.05) is 21.1 Å². The minimum atomic E-state index is -0.873. The van der Waals surface area contributed by atoms with E-state index >= 15 is 0 Å². The van der Waals surface area contributed by atoms with E-state index in [0.717, 1.165) is 44.9 Å². The molecule has 0 aliphatic rings. The number of esters is 2. The van der Waals surface area contributed by atoms with Crippen molar-refractivity contribution in [2.75, 3.05) is 41.0 Å². The maximum absolute atomic E-state index is 12.8. The molecule has 0 rings (SSSR count). The number of unbranched alkanes of at least 4 members (excludes halogenated alkanes) is 29. The molecule has 0 saturated carbocycles. The number of carboxylic acid groups (broad SMARTS) is 1. The van der Waals surface area contributed by atoms with Crippen molar-refractivity contribution in [2.45, 2.75) is 257 Å². The van der Waals surface area contributed by atoms with E-state index in [1.54, 1.807) is 0 Å². The maximum atomic E-state index is 12.8. The smallest absolute Gasteiger partial charge is 0.362 e. The second kappa shape index (κ2) is 44.4. The highest BCUT2D eigenvalue weighted by atomic mass is 16.6. The van der Waals surface area contributed by atoms with Gasteiger partial charge in [-0.1, -0.05) is 186 Å². The largest absolute Gasteiger partial charge is 0.477 e. The monoisotopic (exact) mass is 863 g/mol. The first-order valence-electron chi connectivity index (χ1n) is 25.9. The fourth-order valence-corrected chi connectivity index (χ4v) is 7.79. The summed E-state index contributed by atoms with van der Waals surface area (Å²) in [6.07, 6.45) is 50.9. The Bertz CT molecular complexity index is 1050. The van der Waals surface area contributed by atoms with Crippen LogP contribution in [0, 0.1) is 0 Å². The van der Waals surface area contributed by atoms with E-state index in [1.165, 1.54) is 167 Å². The second-order valence-corrected chi connectivity index (χ2v) is 18.8. The summed E-state index contributed by atoms with van der Waals surface area (Å²) in [7, 11) is 5.54. The summed E-state index contributed by atoms with van der Waals surface area (Å²) in [4.78, 5) is 37.1. The Labute approximate surface area is 377 Å². The summed E-state index contributed by atoms with van der Waals surface area (Å²) >= 11 is 0. The van der Waals surface area contributed by atoms with Crippen molar-refractivity contribution in [3.8, 4) is 0 Å². The number of carboxylic acids is 1. The van der Waals surface area contributed by atoms with Gasteiger partial charge >= 0.3 is 17.9 Å². The molecule has 2 atom stereocenters. The van der Waals surface area contributed by atoms with Crippen LogP contribution >= 0.6 is 0 Å². The molecule has 0 aromatic rings. The predicted molar refractivity (Wildman–Crippen MR) is 257 cm³/mol. The lowest BCUT2D eigenvalue weighted by Gasteiger charge is -2.31. The van der Waals surface area contributed by atoms with Crippen LogP contribution in [0.1, 0.15) is 245 Å². The van der Waals surface area contributed by atoms with Crippen molar-refractivity contribution in [3.05, 3.63) is 24.3 Å². The average molecular weight is 863 g/mol. The maximum Gasteiger partial charge on any atom is 0.362 e. The van der Waals surface area contributed by atoms with E-state index < -0.39 is 18.1 Å². The third-order valence-corrected chi connectivity index (χ3v) is 11.8. The van der Waals surface area contributed by atoms with Gasteiger partial charge < -0.3 is 23.8 Å². The van der Waals surface area contributed by atoms with Gasteiger partial charge in [0.05, 0.1) is 34.4 Å². The molecule has 358 valence electrons. The van der Waals surface area contributed by atoms with Crippen LogP contribution in [-0.2, 0) is 28.6 Å². The molecular weight excluding hydrogens is 763 g/mol. The normalized spacial score (nSPS) is 13.0. The van der Waals surface area contributed by atoms with Gasteiger partial charge in [-0.05, 0) is 64.2 Å². The molecule has 0 fully saturated rings. The number of hydrogen-bond donors (Lipinski definition) is 1. The fourth-order valence-electron chi connectivity index (χ4n) is 7.79. The summed E-state index contributed by atoms with van der Waals surface area (Å²) in [5.41, 5.74) is 0. The zero-order chi connectivity index (χ0) is 44.9. The van der Waals surface area contributed by atoms with Gasteiger partial charge in [-0.25, -0.2) is 4.79 Å². The van der Waals surface area contributed by atoms with Gasteiger partial charge in [0.1, 0.15) is 6.61 Å². The molecule has 0 saturated heterocycles. The lowest BCUT2D eigenvalue weighted by molar-refractivity contribution is -0.887. The Morgan fingerprint density at radius 1 is 0.475 bits per heavy atom. The average Bonchev–Trinajstić information content (AvgIpc) is 3.22. The topological polar surface area (TPSA) is 99.1 Å². The van der Waals surface area contributed by atoms with Crippen LogP contribution in [0.4, 0.5) is 0 Å². The number of carbonyl (C=O) groups is 3. The minimum absolute atomic E-state index is 0.0519. The zero-order valence-electron chi connectivity index (χ0n) is 40.9. The van der Waals surface area contributed by atoms with Crippen molar-refractivity contribution < 1.29 is 38.2 Å². The van der Waals surface area contributed by atoms with Gasteiger partial charge in [-0.3, -0.25) is 9.59 Å². The predicted octanol–water partition coefficient (Wildman–Crippen LogP) is 14.8. The third-order valence-electron chi connectivity index (χ3n) is 11.8. The first-order chi connectivity index (χ1) is 29.6. The van der Waals surface area contributed by atoms with Gasteiger partial charge in [0.15, 0.2) is 12.1 Å². The van der Waals surface area contributed by atoms with Crippen molar-refractivity contribution in [1.82, 2.24) is 0 Å². The van der Waals surface area contributed by atoms with Crippen LogP contribution in [0.25, 0.3) is 0 Å². The number of aliphatic carboxylic acids is 1. The number of rotatable bonds is 47. The number of quaternary nitrogens is 1. The zero-order valence-corrected chi connectivity index (χ0v) is 40.9. The second-order valence-electron chi connectivity index (χ2n) is 18.8. The molecular formula is C53H100NO7+. The minimum Gasteiger partial charge on any atom is -0.477 e. The van der Waals surface area contributed by atoms with Crippen LogP contribution in [0.5, 0.6) is 0 Å². The van der Waals surface area contributed by atoms with Crippen LogP contribution in [0.15, 0.2) is 24.3 Å². The number of nitrogens with zero attached hydrogens (tertiary/aromatic N) is 1. The van der Waals surface area contributed by atoms with E-state index in [2.05, 4.69) is 38.2 Å². The molecule has 0 heterocycles.